The lowest BCUT2D eigenvalue weighted by atomic mass is 9.94. The van der Waals surface area contributed by atoms with E-state index in [0.29, 0.717) is 42.2 Å². The number of benzene rings is 1. The molecule has 0 bridgehead atoms. The molecule has 1 aliphatic heterocycles. The molecule has 2 aromatic rings. The zero-order valence-electron chi connectivity index (χ0n) is 14.6. The standard InChI is InChI=1S/C19H23ClFN3O2/c20-16-9-13(21)7-6-12(16)8-18-22-19(26-23-18)17-10-15(25)11-24(17)14-4-2-1-3-5-14/h6-7,9,14-15,17,25H,1-5,8,10-11H2/t15-,17+/m1/s1. The predicted molar refractivity (Wildman–Crippen MR) is 95.5 cm³/mol. The second-order valence-electron chi connectivity index (χ2n) is 7.36. The maximum atomic E-state index is 13.2. The first-order chi connectivity index (χ1) is 12.6. The van der Waals surface area contributed by atoms with Gasteiger partial charge in [0.25, 0.3) is 0 Å². The Morgan fingerprint density at radius 1 is 1.27 bits per heavy atom. The third-order valence-electron chi connectivity index (χ3n) is 5.49. The summed E-state index contributed by atoms with van der Waals surface area (Å²) in [4.78, 5) is 6.89. The van der Waals surface area contributed by atoms with Crippen LogP contribution in [-0.4, -0.2) is 38.8 Å². The van der Waals surface area contributed by atoms with E-state index in [9.17, 15) is 9.50 Å². The lowest BCUT2D eigenvalue weighted by Gasteiger charge is -2.33. The Hall–Kier alpha value is -1.50. The summed E-state index contributed by atoms with van der Waals surface area (Å²) >= 11 is 6.09. The highest BCUT2D eigenvalue weighted by molar-refractivity contribution is 6.31. The van der Waals surface area contributed by atoms with Crippen molar-refractivity contribution in [3.8, 4) is 0 Å². The van der Waals surface area contributed by atoms with Crippen molar-refractivity contribution in [2.75, 3.05) is 6.54 Å². The van der Waals surface area contributed by atoms with E-state index in [1.54, 1.807) is 6.07 Å². The quantitative estimate of drug-likeness (QED) is 0.873. The summed E-state index contributed by atoms with van der Waals surface area (Å²) in [5, 5.41) is 14.6. The van der Waals surface area contributed by atoms with Gasteiger partial charge in [-0.05, 0) is 37.0 Å². The molecule has 2 fully saturated rings. The second kappa shape index (κ2) is 7.62. The number of nitrogens with zero attached hydrogens (tertiary/aromatic N) is 3. The van der Waals surface area contributed by atoms with Crippen molar-refractivity contribution in [3.05, 3.63) is 46.3 Å². The van der Waals surface area contributed by atoms with E-state index in [0.717, 1.165) is 18.4 Å². The molecule has 0 radical (unpaired) electrons. The monoisotopic (exact) mass is 379 g/mol. The normalized spacial score (nSPS) is 25.0. The van der Waals surface area contributed by atoms with Gasteiger partial charge in [-0.1, -0.05) is 42.1 Å². The third kappa shape index (κ3) is 3.77. The van der Waals surface area contributed by atoms with Gasteiger partial charge in [0.15, 0.2) is 5.82 Å². The molecule has 0 spiro atoms. The number of β-amino-alcohol motifs (C(OH)–C–C–N with tert-alkyl or cyclic N) is 1. The zero-order valence-corrected chi connectivity index (χ0v) is 15.3. The molecule has 0 amide bonds. The molecule has 1 saturated carbocycles. The molecule has 1 aromatic heterocycles. The van der Waals surface area contributed by atoms with Crippen LogP contribution in [0.25, 0.3) is 0 Å². The molecule has 2 heterocycles. The lowest BCUT2D eigenvalue weighted by Crippen LogP contribution is -2.37. The predicted octanol–water partition coefficient (Wildman–Crippen LogP) is 3.89. The summed E-state index contributed by atoms with van der Waals surface area (Å²) < 4.78 is 18.7. The second-order valence-corrected chi connectivity index (χ2v) is 7.76. The van der Waals surface area contributed by atoms with Crippen molar-refractivity contribution in [2.45, 2.75) is 63.1 Å². The molecule has 4 rings (SSSR count). The van der Waals surface area contributed by atoms with E-state index >= 15 is 0 Å². The number of rotatable bonds is 4. The van der Waals surface area contributed by atoms with E-state index in [-0.39, 0.29) is 18.0 Å². The Balaban J connectivity index is 1.50. The van der Waals surface area contributed by atoms with Crippen LogP contribution < -0.4 is 0 Å². The van der Waals surface area contributed by atoms with Gasteiger partial charge >= 0.3 is 0 Å². The maximum Gasteiger partial charge on any atom is 0.244 e. The smallest absolute Gasteiger partial charge is 0.244 e. The van der Waals surface area contributed by atoms with Crippen molar-refractivity contribution >= 4 is 11.6 Å². The molecule has 26 heavy (non-hydrogen) atoms. The van der Waals surface area contributed by atoms with E-state index < -0.39 is 0 Å². The minimum absolute atomic E-state index is 0.0296. The molecule has 1 N–H and O–H groups in total. The van der Waals surface area contributed by atoms with Crippen LogP contribution in [0, 0.1) is 5.82 Å². The molecule has 140 valence electrons. The SMILES string of the molecule is O[C@@H]1C[C@@H](c2nc(Cc3ccc(F)cc3Cl)no2)N(C2CCCCC2)C1. The van der Waals surface area contributed by atoms with Crippen molar-refractivity contribution < 1.29 is 14.0 Å². The minimum atomic E-state index is -0.365. The fourth-order valence-corrected chi connectivity index (χ4v) is 4.44. The Morgan fingerprint density at radius 3 is 2.85 bits per heavy atom. The molecule has 1 aliphatic carbocycles. The first kappa shape index (κ1) is 17.9. The third-order valence-corrected chi connectivity index (χ3v) is 5.85. The topological polar surface area (TPSA) is 62.4 Å². The number of hydrogen-bond donors (Lipinski definition) is 1. The van der Waals surface area contributed by atoms with Gasteiger partial charge in [-0.2, -0.15) is 4.98 Å². The van der Waals surface area contributed by atoms with Gasteiger partial charge in [-0.25, -0.2) is 4.39 Å². The average Bonchev–Trinajstić information content (AvgIpc) is 3.24. The van der Waals surface area contributed by atoms with Crippen molar-refractivity contribution in [1.29, 1.82) is 0 Å². The molecular formula is C19H23ClFN3O2. The number of aromatic nitrogens is 2. The lowest BCUT2D eigenvalue weighted by molar-refractivity contribution is 0.110. The van der Waals surface area contributed by atoms with Gasteiger partial charge in [0.2, 0.25) is 5.89 Å². The molecule has 1 aromatic carbocycles. The van der Waals surface area contributed by atoms with Crippen LogP contribution in [0.3, 0.4) is 0 Å². The van der Waals surface area contributed by atoms with E-state index in [1.807, 2.05) is 0 Å². The first-order valence-electron chi connectivity index (χ1n) is 9.30. The molecule has 2 atom stereocenters. The number of aliphatic hydroxyl groups excluding tert-OH is 1. The Morgan fingerprint density at radius 2 is 2.08 bits per heavy atom. The number of hydrogen-bond acceptors (Lipinski definition) is 5. The average molecular weight is 380 g/mol. The summed E-state index contributed by atoms with van der Waals surface area (Å²) in [7, 11) is 0. The van der Waals surface area contributed by atoms with Crippen LogP contribution in [0.2, 0.25) is 5.02 Å². The number of aliphatic hydroxyl groups is 1. The molecule has 1 saturated heterocycles. The summed E-state index contributed by atoms with van der Waals surface area (Å²) in [6.07, 6.45) is 6.75. The van der Waals surface area contributed by atoms with Gasteiger partial charge in [-0.3, -0.25) is 4.90 Å². The van der Waals surface area contributed by atoms with Crippen LogP contribution in [0.1, 0.15) is 61.8 Å². The Labute approximate surface area is 157 Å². The summed E-state index contributed by atoms with van der Waals surface area (Å²) in [5.74, 6) is 0.717. The van der Waals surface area contributed by atoms with Gasteiger partial charge in [0.05, 0.1) is 12.1 Å². The largest absolute Gasteiger partial charge is 0.392 e. The minimum Gasteiger partial charge on any atom is -0.392 e. The fourth-order valence-electron chi connectivity index (χ4n) is 4.21. The van der Waals surface area contributed by atoms with Gasteiger partial charge < -0.3 is 9.63 Å². The fraction of sp³-hybridized carbons (Fsp3) is 0.579. The van der Waals surface area contributed by atoms with Gasteiger partial charge in [-0.15, -0.1) is 0 Å². The molecule has 2 aliphatic rings. The van der Waals surface area contributed by atoms with E-state index in [4.69, 9.17) is 16.1 Å². The van der Waals surface area contributed by atoms with Crippen molar-refractivity contribution in [2.24, 2.45) is 0 Å². The maximum absolute atomic E-state index is 13.2. The summed E-state index contributed by atoms with van der Waals surface area (Å²) in [5.41, 5.74) is 0.760. The summed E-state index contributed by atoms with van der Waals surface area (Å²) in [6, 6.07) is 4.75. The molecule has 5 nitrogen and oxygen atoms in total. The first-order valence-corrected chi connectivity index (χ1v) is 9.68. The summed E-state index contributed by atoms with van der Waals surface area (Å²) in [6.45, 7) is 0.664. The molecule has 0 unspecified atom stereocenters. The molecule has 7 heteroatoms. The van der Waals surface area contributed by atoms with E-state index in [2.05, 4.69) is 15.0 Å². The van der Waals surface area contributed by atoms with E-state index in [1.165, 1.54) is 31.4 Å². The van der Waals surface area contributed by atoms with Crippen LogP contribution in [0.4, 0.5) is 4.39 Å². The van der Waals surface area contributed by atoms with Crippen molar-refractivity contribution in [1.82, 2.24) is 15.0 Å². The molecular weight excluding hydrogens is 357 g/mol. The van der Waals surface area contributed by atoms with Gasteiger partial charge in [0.1, 0.15) is 5.82 Å². The zero-order chi connectivity index (χ0) is 18.1. The van der Waals surface area contributed by atoms with Gasteiger partial charge in [0, 0.05) is 24.0 Å². The number of likely N-dealkylation sites (tertiary alicyclic amines) is 1. The van der Waals surface area contributed by atoms with Crippen molar-refractivity contribution in [3.63, 3.8) is 0 Å². The van der Waals surface area contributed by atoms with Crippen LogP contribution in [0.5, 0.6) is 0 Å². The van der Waals surface area contributed by atoms with Crippen LogP contribution in [-0.2, 0) is 6.42 Å². The highest BCUT2D eigenvalue weighted by Gasteiger charge is 2.39. The number of halogens is 2. The van der Waals surface area contributed by atoms with Crippen LogP contribution in [0.15, 0.2) is 22.7 Å². The van der Waals surface area contributed by atoms with Crippen LogP contribution >= 0.6 is 11.6 Å². The highest BCUT2D eigenvalue weighted by atomic mass is 35.5. The highest BCUT2D eigenvalue weighted by Crippen LogP contribution is 2.37. The Kier molecular flexibility index (Phi) is 5.25. The Bertz CT molecular complexity index is 763.